The van der Waals surface area contributed by atoms with Crippen molar-refractivity contribution in [2.75, 3.05) is 18.0 Å². The Labute approximate surface area is 108 Å². The van der Waals surface area contributed by atoms with E-state index in [0.29, 0.717) is 11.5 Å². The van der Waals surface area contributed by atoms with E-state index in [1.54, 1.807) is 12.1 Å². The van der Waals surface area contributed by atoms with Gasteiger partial charge in [0.1, 0.15) is 5.82 Å². The van der Waals surface area contributed by atoms with Crippen LogP contribution in [0.25, 0.3) is 0 Å². The number of aromatic carboxylic acids is 1. The van der Waals surface area contributed by atoms with Crippen LogP contribution in [0.5, 0.6) is 0 Å². The molecule has 1 unspecified atom stereocenters. The molecule has 0 spiro atoms. The van der Waals surface area contributed by atoms with Gasteiger partial charge < -0.3 is 10.0 Å². The van der Waals surface area contributed by atoms with Crippen molar-refractivity contribution in [3.8, 4) is 0 Å². The van der Waals surface area contributed by atoms with Crippen LogP contribution in [0.15, 0.2) is 12.1 Å². The normalized spacial score (nSPS) is 19.9. The van der Waals surface area contributed by atoms with Gasteiger partial charge in [-0.25, -0.2) is 9.78 Å². The summed E-state index contributed by atoms with van der Waals surface area (Å²) in [5.74, 6) is 0.593. The molecule has 1 N–H and O–H groups in total. The number of anilines is 1. The molecule has 98 valence electrons. The Balaban J connectivity index is 2.31. The number of nitrogens with zero attached hydrogens (tertiary/aromatic N) is 2. The van der Waals surface area contributed by atoms with Crippen molar-refractivity contribution in [2.24, 2.45) is 5.92 Å². The Morgan fingerprint density at radius 2 is 2.33 bits per heavy atom. The van der Waals surface area contributed by atoms with Crippen molar-refractivity contribution >= 4 is 11.8 Å². The lowest BCUT2D eigenvalue weighted by molar-refractivity contribution is 0.0696. The molecule has 1 aliphatic heterocycles. The van der Waals surface area contributed by atoms with E-state index in [1.165, 1.54) is 6.42 Å². The van der Waals surface area contributed by atoms with Gasteiger partial charge in [-0.15, -0.1) is 0 Å². The number of carboxylic acid groups (broad SMARTS) is 1. The molecule has 1 aromatic heterocycles. The number of hydrogen-bond donors (Lipinski definition) is 1. The van der Waals surface area contributed by atoms with Gasteiger partial charge in [0, 0.05) is 18.8 Å². The Morgan fingerprint density at radius 3 is 2.94 bits per heavy atom. The molecule has 0 saturated carbocycles. The van der Waals surface area contributed by atoms with E-state index in [-0.39, 0.29) is 0 Å². The fraction of sp³-hybridized carbons (Fsp3) is 0.571. The molecular weight excluding hydrogens is 228 g/mol. The maximum atomic E-state index is 11.1. The molecule has 1 fully saturated rings. The van der Waals surface area contributed by atoms with Crippen LogP contribution in [0.2, 0.25) is 0 Å². The number of rotatable bonds is 3. The number of piperidine rings is 1. The zero-order chi connectivity index (χ0) is 13.1. The Kier molecular flexibility index (Phi) is 3.84. The van der Waals surface area contributed by atoms with Crippen LogP contribution >= 0.6 is 0 Å². The number of carbonyl (C=O) groups is 1. The average molecular weight is 248 g/mol. The maximum Gasteiger partial charge on any atom is 0.335 e. The van der Waals surface area contributed by atoms with E-state index in [0.717, 1.165) is 37.4 Å². The summed E-state index contributed by atoms with van der Waals surface area (Å²) in [6, 6.07) is 3.36. The van der Waals surface area contributed by atoms with Crippen molar-refractivity contribution in [1.29, 1.82) is 0 Å². The van der Waals surface area contributed by atoms with Gasteiger partial charge in [-0.3, -0.25) is 0 Å². The van der Waals surface area contributed by atoms with E-state index < -0.39 is 5.97 Å². The van der Waals surface area contributed by atoms with Crippen molar-refractivity contribution in [3.05, 3.63) is 23.4 Å². The zero-order valence-electron chi connectivity index (χ0n) is 11.0. The molecule has 4 nitrogen and oxygen atoms in total. The van der Waals surface area contributed by atoms with Gasteiger partial charge in [0.2, 0.25) is 0 Å². The molecule has 0 amide bonds. The van der Waals surface area contributed by atoms with Crippen molar-refractivity contribution < 1.29 is 9.90 Å². The zero-order valence-corrected chi connectivity index (χ0v) is 11.0. The van der Waals surface area contributed by atoms with E-state index in [4.69, 9.17) is 5.11 Å². The van der Waals surface area contributed by atoms with E-state index >= 15 is 0 Å². The minimum atomic E-state index is -0.876. The van der Waals surface area contributed by atoms with Crippen molar-refractivity contribution in [1.82, 2.24) is 4.98 Å². The summed E-state index contributed by atoms with van der Waals surface area (Å²) >= 11 is 0. The molecule has 0 aromatic carbocycles. The van der Waals surface area contributed by atoms with Crippen LogP contribution in [-0.4, -0.2) is 29.1 Å². The second-order valence-corrected chi connectivity index (χ2v) is 5.06. The summed E-state index contributed by atoms with van der Waals surface area (Å²) in [6.45, 7) is 6.17. The van der Waals surface area contributed by atoms with E-state index in [1.807, 2.05) is 6.92 Å². The number of carboxylic acids is 1. The molecule has 0 radical (unpaired) electrons. The summed E-state index contributed by atoms with van der Waals surface area (Å²) in [6.07, 6.45) is 3.16. The summed E-state index contributed by atoms with van der Waals surface area (Å²) < 4.78 is 0. The van der Waals surface area contributed by atoms with Crippen molar-refractivity contribution in [2.45, 2.75) is 33.1 Å². The summed E-state index contributed by atoms with van der Waals surface area (Å²) in [5.41, 5.74) is 1.19. The predicted octanol–water partition coefficient (Wildman–Crippen LogP) is 2.58. The quantitative estimate of drug-likeness (QED) is 0.893. The van der Waals surface area contributed by atoms with Gasteiger partial charge in [0.05, 0.1) is 5.56 Å². The van der Waals surface area contributed by atoms with E-state index in [2.05, 4.69) is 16.8 Å². The summed E-state index contributed by atoms with van der Waals surface area (Å²) in [5, 5.41) is 9.13. The Bertz CT molecular complexity index is 445. The third kappa shape index (κ3) is 2.81. The van der Waals surface area contributed by atoms with Crippen LogP contribution in [-0.2, 0) is 6.42 Å². The SMILES string of the molecule is CCc1cc(C(=O)O)cc(N2CCCC(C)C2)n1. The third-order valence-electron chi connectivity index (χ3n) is 3.46. The third-order valence-corrected chi connectivity index (χ3v) is 3.46. The molecule has 18 heavy (non-hydrogen) atoms. The van der Waals surface area contributed by atoms with Crippen molar-refractivity contribution in [3.63, 3.8) is 0 Å². The maximum absolute atomic E-state index is 11.1. The van der Waals surface area contributed by atoms with Crippen LogP contribution in [0.3, 0.4) is 0 Å². The summed E-state index contributed by atoms with van der Waals surface area (Å²) in [7, 11) is 0. The van der Waals surface area contributed by atoms with Gasteiger partial charge in [-0.05, 0) is 37.3 Å². The number of aryl methyl sites for hydroxylation is 1. The molecule has 0 bridgehead atoms. The highest BCUT2D eigenvalue weighted by atomic mass is 16.4. The number of pyridine rings is 1. The molecule has 1 aromatic rings. The van der Waals surface area contributed by atoms with Gasteiger partial charge in [-0.2, -0.15) is 0 Å². The molecule has 2 rings (SSSR count). The molecule has 1 aliphatic rings. The number of hydrogen-bond acceptors (Lipinski definition) is 3. The van der Waals surface area contributed by atoms with Crippen LogP contribution < -0.4 is 4.90 Å². The average Bonchev–Trinajstić information content (AvgIpc) is 2.38. The highest BCUT2D eigenvalue weighted by Gasteiger charge is 2.19. The minimum Gasteiger partial charge on any atom is -0.478 e. The lowest BCUT2D eigenvalue weighted by Crippen LogP contribution is -2.35. The Morgan fingerprint density at radius 1 is 1.56 bits per heavy atom. The first-order valence-corrected chi connectivity index (χ1v) is 6.59. The van der Waals surface area contributed by atoms with Crippen LogP contribution in [0.4, 0.5) is 5.82 Å². The van der Waals surface area contributed by atoms with Gasteiger partial charge in [0.25, 0.3) is 0 Å². The molecular formula is C14H20N2O2. The molecule has 1 atom stereocenters. The lowest BCUT2D eigenvalue weighted by atomic mass is 10.0. The Hall–Kier alpha value is -1.58. The highest BCUT2D eigenvalue weighted by Crippen LogP contribution is 2.23. The van der Waals surface area contributed by atoms with Crippen LogP contribution in [0.1, 0.15) is 42.7 Å². The minimum absolute atomic E-state index is 0.343. The fourth-order valence-electron chi connectivity index (χ4n) is 2.44. The molecule has 4 heteroatoms. The lowest BCUT2D eigenvalue weighted by Gasteiger charge is -2.32. The first-order valence-electron chi connectivity index (χ1n) is 6.59. The van der Waals surface area contributed by atoms with Gasteiger partial charge in [-0.1, -0.05) is 13.8 Å². The summed E-state index contributed by atoms with van der Waals surface area (Å²) in [4.78, 5) is 17.9. The van der Waals surface area contributed by atoms with Gasteiger partial charge >= 0.3 is 5.97 Å². The largest absolute Gasteiger partial charge is 0.478 e. The molecule has 2 heterocycles. The van der Waals surface area contributed by atoms with E-state index in [9.17, 15) is 4.79 Å². The number of aromatic nitrogens is 1. The van der Waals surface area contributed by atoms with Crippen LogP contribution in [0, 0.1) is 5.92 Å². The first-order chi connectivity index (χ1) is 8.60. The highest BCUT2D eigenvalue weighted by molar-refractivity contribution is 5.88. The second-order valence-electron chi connectivity index (χ2n) is 5.06. The first kappa shape index (κ1) is 12.9. The fourth-order valence-corrected chi connectivity index (χ4v) is 2.44. The second kappa shape index (κ2) is 5.38. The topological polar surface area (TPSA) is 53.4 Å². The molecule has 0 aliphatic carbocycles. The smallest absolute Gasteiger partial charge is 0.335 e. The monoisotopic (exact) mass is 248 g/mol. The van der Waals surface area contributed by atoms with Gasteiger partial charge in [0.15, 0.2) is 0 Å². The standard InChI is InChI=1S/C14H20N2O2/c1-3-12-7-11(14(17)18)8-13(15-12)16-6-4-5-10(2)9-16/h7-8,10H,3-6,9H2,1-2H3,(H,17,18). The molecule has 1 saturated heterocycles. The predicted molar refractivity (Wildman–Crippen MR) is 71.2 cm³/mol.